The molecule has 0 bridgehead atoms. The maximum atomic E-state index is 12.1. The summed E-state index contributed by atoms with van der Waals surface area (Å²) in [6, 6.07) is 1.06. The second-order valence-electron chi connectivity index (χ2n) is 8.16. The van der Waals surface area contributed by atoms with Crippen LogP contribution < -0.4 is 10.6 Å². The molecule has 2 unspecified atom stereocenters. The summed E-state index contributed by atoms with van der Waals surface area (Å²) < 4.78 is 0. The lowest BCUT2D eigenvalue weighted by Crippen LogP contribution is -2.45. The molecule has 6 nitrogen and oxygen atoms in total. The topological polar surface area (TPSA) is 60.0 Å². The van der Waals surface area contributed by atoms with Gasteiger partial charge in [0.25, 0.3) is 0 Å². The van der Waals surface area contributed by atoms with Crippen LogP contribution >= 0.6 is 24.0 Å². The second-order valence-corrected chi connectivity index (χ2v) is 8.16. The van der Waals surface area contributed by atoms with E-state index in [1.54, 1.807) is 0 Å². The van der Waals surface area contributed by atoms with Crippen molar-refractivity contribution in [1.82, 2.24) is 20.4 Å². The summed E-state index contributed by atoms with van der Waals surface area (Å²) in [7, 11) is 1.82. The number of hydrogen-bond donors (Lipinski definition) is 2. The van der Waals surface area contributed by atoms with Crippen LogP contribution in [0.4, 0.5) is 0 Å². The number of likely N-dealkylation sites (tertiary alicyclic amines) is 2. The minimum absolute atomic E-state index is 0. The quantitative estimate of drug-likeness (QED) is 0.248. The Morgan fingerprint density at radius 2 is 1.96 bits per heavy atom. The van der Waals surface area contributed by atoms with Crippen molar-refractivity contribution in [2.75, 3.05) is 39.8 Å². The fraction of sp³-hybridized carbons (Fsp3) is 0.900. The van der Waals surface area contributed by atoms with E-state index in [2.05, 4.69) is 27.4 Å². The highest BCUT2D eigenvalue weighted by atomic mass is 127. The van der Waals surface area contributed by atoms with E-state index in [1.165, 1.54) is 38.8 Å². The molecule has 2 atom stereocenters. The number of guanidine groups is 1. The number of piperidine rings is 1. The Morgan fingerprint density at radius 1 is 1.19 bits per heavy atom. The molecule has 2 aliphatic heterocycles. The van der Waals surface area contributed by atoms with Crippen molar-refractivity contribution in [3.05, 3.63) is 0 Å². The normalized spacial score (nSPS) is 24.0. The van der Waals surface area contributed by atoms with Gasteiger partial charge in [-0.15, -0.1) is 24.0 Å². The fourth-order valence-corrected chi connectivity index (χ4v) is 3.97. The Balaban J connectivity index is 0.00000364. The highest BCUT2D eigenvalue weighted by Gasteiger charge is 2.27. The van der Waals surface area contributed by atoms with Gasteiger partial charge in [-0.25, -0.2) is 0 Å². The zero-order valence-electron chi connectivity index (χ0n) is 17.7. The molecule has 2 aliphatic rings. The Hall–Kier alpha value is -0.570. The Kier molecular flexibility index (Phi) is 11.6. The number of nitrogens with zero attached hydrogens (tertiary/aromatic N) is 3. The molecule has 2 rings (SSSR count). The number of unbranched alkanes of at least 4 members (excludes halogenated alkanes) is 1. The van der Waals surface area contributed by atoms with Crippen LogP contribution in [0.15, 0.2) is 4.99 Å². The number of hydrogen-bond acceptors (Lipinski definition) is 3. The van der Waals surface area contributed by atoms with Crippen LogP contribution in [-0.4, -0.2) is 73.5 Å². The van der Waals surface area contributed by atoms with Gasteiger partial charge in [-0.3, -0.25) is 9.79 Å². The van der Waals surface area contributed by atoms with Gasteiger partial charge in [-0.05, 0) is 52.1 Å². The van der Waals surface area contributed by atoms with E-state index >= 15 is 0 Å². The molecule has 2 N–H and O–H groups in total. The van der Waals surface area contributed by atoms with E-state index < -0.39 is 0 Å². The average molecular weight is 493 g/mol. The molecule has 0 spiro atoms. The lowest BCUT2D eigenvalue weighted by atomic mass is 10.0. The van der Waals surface area contributed by atoms with Gasteiger partial charge >= 0.3 is 0 Å². The van der Waals surface area contributed by atoms with Crippen molar-refractivity contribution >= 4 is 35.8 Å². The van der Waals surface area contributed by atoms with Crippen LogP contribution in [0.5, 0.6) is 0 Å². The number of halogens is 1. The van der Waals surface area contributed by atoms with Crippen molar-refractivity contribution < 1.29 is 4.79 Å². The maximum absolute atomic E-state index is 12.1. The van der Waals surface area contributed by atoms with E-state index in [0.717, 1.165) is 44.5 Å². The van der Waals surface area contributed by atoms with E-state index in [4.69, 9.17) is 0 Å². The predicted molar refractivity (Wildman–Crippen MR) is 124 cm³/mol. The molecular weight excluding hydrogens is 453 g/mol. The third-order valence-electron chi connectivity index (χ3n) is 5.66. The van der Waals surface area contributed by atoms with Crippen LogP contribution in [0, 0.1) is 5.92 Å². The van der Waals surface area contributed by atoms with Crippen LogP contribution in [0.1, 0.15) is 59.3 Å². The zero-order valence-corrected chi connectivity index (χ0v) is 20.0. The van der Waals surface area contributed by atoms with Gasteiger partial charge in [0.2, 0.25) is 5.91 Å². The van der Waals surface area contributed by atoms with E-state index in [9.17, 15) is 4.79 Å². The summed E-state index contributed by atoms with van der Waals surface area (Å²) in [5, 5.41) is 6.90. The Labute approximate surface area is 182 Å². The van der Waals surface area contributed by atoms with Crippen LogP contribution in [0.25, 0.3) is 0 Å². The first-order chi connectivity index (χ1) is 12.5. The molecule has 7 heteroatoms. The lowest BCUT2D eigenvalue weighted by molar-refractivity contribution is -0.133. The predicted octanol–water partition coefficient (Wildman–Crippen LogP) is 2.68. The van der Waals surface area contributed by atoms with Crippen molar-refractivity contribution in [2.45, 2.75) is 71.4 Å². The van der Waals surface area contributed by atoms with Gasteiger partial charge in [0.1, 0.15) is 0 Å². The molecule has 2 fully saturated rings. The second kappa shape index (κ2) is 12.8. The van der Waals surface area contributed by atoms with Crippen molar-refractivity contribution in [3.8, 4) is 0 Å². The van der Waals surface area contributed by atoms with E-state index in [0.29, 0.717) is 6.04 Å². The monoisotopic (exact) mass is 493 g/mol. The van der Waals surface area contributed by atoms with E-state index in [1.807, 2.05) is 25.8 Å². The summed E-state index contributed by atoms with van der Waals surface area (Å²) in [5.41, 5.74) is 0. The van der Waals surface area contributed by atoms with E-state index in [-0.39, 0.29) is 35.8 Å². The first-order valence-electron chi connectivity index (χ1n) is 10.5. The number of carbonyl (C=O) groups is 1. The van der Waals surface area contributed by atoms with Crippen molar-refractivity contribution in [3.63, 3.8) is 0 Å². The fourth-order valence-electron chi connectivity index (χ4n) is 3.97. The first kappa shape index (κ1) is 24.5. The molecule has 0 aromatic carbocycles. The van der Waals surface area contributed by atoms with Gasteiger partial charge in [0.05, 0.1) is 0 Å². The minimum Gasteiger partial charge on any atom is -0.356 e. The molecule has 0 aromatic heterocycles. The van der Waals surface area contributed by atoms with Gasteiger partial charge in [0, 0.05) is 44.7 Å². The number of aliphatic imine (C=N–C) groups is 1. The first-order valence-corrected chi connectivity index (χ1v) is 10.5. The highest BCUT2D eigenvalue weighted by Crippen LogP contribution is 2.16. The van der Waals surface area contributed by atoms with Crippen molar-refractivity contribution in [1.29, 1.82) is 0 Å². The minimum atomic E-state index is 0. The molecule has 0 saturated carbocycles. The maximum Gasteiger partial charge on any atom is 0.225 e. The highest BCUT2D eigenvalue weighted by molar-refractivity contribution is 14.0. The SMILES string of the molecule is CN=C(NCCCCN1CCCCC1C)NC1CCN(C(=O)C(C)C)C1.I. The lowest BCUT2D eigenvalue weighted by Gasteiger charge is -2.33. The number of nitrogens with one attached hydrogen (secondary N) is 2. The third-order valence-corrected chi connectivity index (χ3v) is 5.66. The molecule has 2 heterocycles. The zero-order chi connectivity index (χ0) is 18.9. The average Bonchev–Trinajstić information content (AvgIpc) is 3.09. The number of rotatable bonds is 7. The van der Waals surface area contributed by atoms with Crippen LogP contribution in [0.3, 0.4) is 0 Å². The number of amides is 1. The van der Waals surface area contributed by atoms with Gasteiger partial charge < -0.3 is 20.4 Å². The molecule has 27 heavy (non-hydrogen) atoms. The van der Waals surface area contributed by atoms with Gasteiger partial charge in [-0.2, -0.15) is 0 Å². The molecule has 1 amide bonds. The molecule has 2 saturated heterocycles. The van der Waals surface area contributed by atoms with Crippen LogP contribution in [-0.2, 0) is 4.79 Å². The third kappa shape index (κ3) is 8.13. The molecule has 158 valence electrons. The largest absolute Gasteiger partial charge is 0.356 e. The van der Waals surface area contributed by atoms with Crippen LogP contribution in [0.2, 0.25) is 0 Å². The summed E-state index contributed by atoms with van der Waals surface area (Å²) in [6.07, 6.45) is 7.49. The summed E-state index contributed by atoms with van der Waals surface area (Å²) >= 11 is 0. The number of carbonyl (C=O) groups excluding carboxylic acids is 1. The van der Waals surface area contributed by atoms with Crippen molar-refractivity contribution in [2.24, 2.45) is 10.9 Å². The molecular formula is C20H40IN5O. The molecule has 0 aromatic rings. The Morgan fingerprint density at radius 3 is 2.63 bits per heavy atom. The molecule has 0 aliphatic carbocycles. The smallest absolute Gasteiger partial charge is 0.225 e. The van der Waals surface area contributed by atoms with Gasteiger partial charge in [0.15, 0.2) is 5.96 Å². The molecule has 0 radical (unpaired) electrons. The standard InChI is InChI=1S/C20H39N5O.HI/c1-16(2)19(26)25-14-10-18(15-25)23-20(21-4)22-11-6-8-13-24-12-7-5-9-17(24)3;/h16-18H,5-15H2,1-4H3,(H2,21,22,23);1H. The summed E-state index contributed by atoms with van der Waals surface area (Å²) in [5.74, 6) is 1.19. The Bertz CT molecular complexity index is 471. The summed E-state index contributed by atoms with van der Waals surface area (Å²) in [4.78, 5) is 21.0. The summed E-state index contributed by atoms with van der Waals surface area (Å²) in [6.45, 7) is 11.4. The van der Waals surface area contributed by atoms with Gasteiger partial charge in [-0.1, -0.05) is 20.3 Å².